The van der Waals surface area contributed by atoms with Gasteiger partial charge in [0.15, 0.2) is 0 Å². The number of nitro benzene ring substituents is 1. The van der Waals surface area contributed by atoms with E-state index in [2.05, 4.69) is 20.8 Å². The number of hydrogen-bond donors (Lipinski definition) is 1. The second-order valence-corrected chi connectivity index (χ2v) is 5.05. The molecule has 0 saturated carbocycles. The Kier molecular flexibility index (Phi) is 3.94. The van der Waals surface area contributed by atoms with Crippen LogP contribution in [0, 0.1) is 10.1 Å². The van der Waals surface area contributed by atoms with Crippen LogP contribution in [0.2, 0.25) is 0 Å². The summed E-state index contributed by atoms with van der Waals surface area (Å²) in [6.07, 6.45) is 0. The van der Waals surface area contributed by atoms with Crippen molar-refractivity contribution in [1.82, 2.24) is 20.2 Å². The van der Waals surface area contributed by atoms with Crippen LogP contribution >= 0.6 is 0 Å². The summed E-state index contributed by atoms with van der Waals surface area (Å²) in [5.41, 5.74) is 0.894. The molecule has 2 aromatic rings. The van der Waals surface area contributed by atoms with Crippen molar-refractivity contribution in [2.75, 3.05) is 11.9 Å². The number of carbonyl (C=O) groups is 1. The van der Waals surface area contributed by atoms with Crippen molar-refractivity contribution < 1.29 is 14.5 Å². The van der Waals surface area contributed by atoms with Gasteiger partial charge in [0.25, 0.3) is 5.69 Å². The van der Waals surface area contributed by atoms with Gasteiger partial charge in [0.1, 0.15) is 6.04 Å². The van der Waals surface area contributed by atoms with Gasteiger partial charge in [-0.3, -0.25) is 10.1 Å². The molecule has 0 spiro atoms. The number of nitro groups is 1. The molecule has 0 aliphatic carbocycles. The molecule has 0 radical (unpaired) electrons. The third kappa shape index (κ3) is 2.47. The highest BCUT2D eigenvalue weighted by atomic mass is 16.6. The smallest absolute Gasteiger partial charge is 0.338 e. The van der Waals surface area contributed by atoms with E-state index in [0.717, 1.165) is 0 Å². The molecule has 10 nitrogen and oxygen atoms in total. The van der Waals surface area contributed by atoms with Crippen LogP contribution in [0.4, 0.5) is 11.6 Å². The van der Waals surface area contributed by atoms with Crippen LogP contribution in [0.25, 0.3) is 0 Å². The Labute approximate surface area is 136 Å². The van der Waals surface area contributed by atoms with Crippen LogP contribution in [0.5, 0.6) is 0 Å². The van der Waals surface area contributed by atoms with Gasteiger partial charge in [-0.2, -0.15) is 4.68 Å². The van der Waals surface area contributed by atoms with Crippen molar-refractivity contribution in [2.24, 2.45) is 0 Å². The molecule has 2 heterocycles. The lowest BCUT2D eigenvalue weighted by Crippen LogP contribution is -2.30. The minimum Gasteiger partial charge on any atom is -0.463 e. The van der Waals surface area contributed by atoms with E-state index in [4.69, 9.17) is 4.74 Å². The van der Waals surface area contributed by atoms with Crippen LogP contribution in [0.15, 0.2) is 35.5 Å². The second-order valence-electron chi connectivity index (χ2n) is 5.05. The van der Waals surface area contributed by atoms with Gasteiger partial charge in [-0.25, -0.2) is 4.79 Å². The maximum atomic E-state index is 12.4. The van der Waals surface area contributed by atoms with E-state index in [-0.39, 0.29) is 17.9 Å². The van der Waals surface area contributed by atoms with Gasteiger partial charge in [0.2, 0.25) is 5.95 Å². The number of tetrazole rings is 1. The number of ether oxygens (including phenoxy) is 1. The third-order valence-corrected chi connectivity index (χ3v) is 3.64. The van der Waals surface area contributed by atoms with E-state index in [1.54, 1.807) is 32.0 Å². The van der Waals surface area contributed by atoms with Crippen LogP contribution in [0.1, 0.15) is 25.5 Å². The largest absolute Gasteiger partial charge is 0.463 e. The number of fused-ring (bicyclic) bond motifs is 1. The van der Waals surface area contributed by atoms with E-state index < -0.39 is 16.9 Å². The summed E-state index contributed by atoms with van der Waals surface area (Å²) in [4.78, 5) is 23.3. The molecule has 0 fully saturated rings. The highest BCUT2D eigenvalue weighted by Crippen LogP contribution is 2.38. The molecule has 1 unspecified atom stereocenters. The molecular formula is C14H14N6O4. The van der Waals surface area contributed by atoms with Gasteiger partial charge in [-0.15, -0.1) is 0 Å². The summed E-state index contributed by atoms with van der Waals surface area (Å²) in [6, 6.07) is 5.32. The number of para-hydroxylation sites is 1. The average Bonchev–Trinajstić information content (AvgIpc) is 3.01. The molecule has 124 valence electrons. The molecule has 1 aromatic heterocycles. The predicted octanol–water partition coefficient (Wildman–Crippen LogP) is 1.43. The van der Waals surface area contributed by atoms with Crippen molar-refractivity contribution in [2.45, 2.75) is 19.9 Å². The van der Waals surface area contributed by atoms with Crippen molar-refractivity contribution in [3.8, 4) is 0 Å². The number of hydrogen-bond acceptors (Lipinski definition) is 8. The fourth-order valence-corrected chi connectivity index (χ4v) is 2.66. The highest BCUT2D eigenvalue weighted by Gasteiger charge is 2.38. The van der Waals surface area contributed by atoms with Gasteiger partial charge < -0.3 is 10.1 Å². The zero-order chi connectivity index (χ0) is 17.3. The quantitative estimate of drug-likeness (QED) is 0.507. The average molecular weight is 330 g/mol. The number of allylic oxidation sites excluding steroid dienone is 1. The van der Waals surface area contributed by atoms with Crippen molar-refractivity contribution in [1.29, 1.82) is 0 Å². The normalized spacial score (nSPS) is 16.3. The number of rotatable bonds is 4. The zero-order valence-corrected chi connectivity index (χ0v) is 13.0. The van der Waals surface area contributed by atoms with E-state index in [1.807, 2.05) is 0 Å². The number of aromatic nitrogens is 4. The lowest BCUT2D eigenvalue weighted by atomic mass is 9.94. The number of benzene rings is 1. The monoisotopic (exact) mass is 330 g/mol. The lowest BCUT2D eigenvalue weighted by molar-refractivity contribution is -0.385. The maximum absolute atomic E-state index is 12.4. The molecule has 1 aliphatic rings. The Balaban J connectivity index is 2.22. The zero-order valence-electron chi connectivity index (χ0n) is 13.0. The fourth-order valence-electron chi connectivity index (χ4n) is 2.66. The number of nitrogens with zero attached hydrogens (tertiary/aromatic N) is 5. The Morgan fingerprint density at radius 3 is 2.92 bits per heavy atom. The minimum atomic E-state index is -0.850. The number of anilines is 1. The maximum Gasteiger partial charge on any atom is 0.338 e. The highest BCUT2D eigenvalue weighted by molar-refractivity contribution is 5.92. The lowest BCUT2D eigenvalue weighted by Gasteiger charge is -2.27. The summed E-state index contributed by atoms with van der Waals surface area (Å²) in [5.74, 6) is -0.282. The van der Waals surface area contributed by atoms with Gasteiger partial charge in [0, 0.05) is 11.8 Å². The number of esters is 1. The first-order chi connectivity index (χ1) is 11.5. The second kappa shape index (κ2) is 6.07. The molecule has 0 saturated heterocycles. The molecule has 1 aliphatic heterocycles. The number of nitrogens with one attached hydrogen (secondary N) is 1. The van der Waals surface area contributed by atoms with Gasteiger partial charge in [-0.1, -0.05) is 17.2 Å². The molecule has 0 bridgehead atoms. The predicted molar refractivity (Wildman–Crippen MR) is 82.0 cm³/mol. The molecule has 3 rings (SSSR count). The topological polar surface area (TPSA) is 125 Å². The SMILES string of the molecule is CCOC(=O)C1=C(C)Nc2nnnn2C1c1ccccc1[N+](=O)[O-]. The summed E-state index contributed by atoms with van der Waals surface area (Å²) in [7, 11) is 0. The molecule has 24 heavy (non-hydrogen) atoms. The molecule has 0 amide bonds. The standard InChI is InChI=1S/C14H14N6O4/c1-3-24-13(21)11-8(2)15-14-16-17-18-19(14)12(11)9-6-4-5-7-10(9)20(22)23/h4-7,12H,3H2,1-2H3,(H,15,16,18). The summed E-state index contributed by atoms with van der Waals surface area (Å²) in [5, 5.41) is 25.6. The van der Waals surface area contributed by atoms with Crippen molar-refractivity contribution >= 4 is 17.6 Å². The summed E-state index contributed by atoms with van der Waals surface area (Å²) >= 11 is 0. The first-order valence-corrected chi connectivity index (χ1v) is 7.20. The third-order valence-electron chi connectivity index (χ3n) is 3.64. The van der Waals surface area contributed by atoms with E-state index >= 15 is 0 Å². The van der Waals surface area contributed by atoms with E-state index in [1.165, 1.54) is 10.7 Å². The van der Waals surface area contributed by atoms with Gasteiger partial charge in [0.05, 0.1) is 22.7 Å². The van der Waals surface area contributed by atoms with Crippen LogP contribution in [-0.2, 0) is 9.53 Å². The minimum absolute atomic E-state index is 0.125. The Morgan fingerprint density at radius 1 is 1.46 bits per heavy atom. The van der Waals surface area contributed by atoms with Crippen molar-refractivity contribution in [3.05, 3.63) is 51.2 Å². The first kappa shape index (κ1) is 15.6. The van der Waals surface area contributed by atoms with Crippen LogP contribution in [0.3, 0.4) is 0 Å². The molecular weight excluding hydrogens is 316 g/mol. The first-order valence-electron chi connectivity index (χ1n) is 7.20. The summed E-state index contributed by atoms with van der Waals surface area (Å²) < 4.78 is 6.44. The Morgan fingerprint density at radius 2 is 2.21 bits per heavy atom. The molecule has 1 aromatic carbocycles. The van der Waals surface area contributed by atoms with E-state index in [9.17, 15) is 14.9 Å². The Bertz CT molecular complexity index is 843. The summed E-state index contributed by atoms with van der Waals surface area (Å²) in [6.45, 7) is 3.54. The molecule has 1 atom stereocenters. The fraction of sp³-hybridized carbons (Fsp3) is 0.286. The van der Waals surface area contributed by atoms with Crippen LogP contribution in [-0.4, -0.2) is 37.7 Å². The van der Waals surface area contributed by atoms with Crippen LogP contribution < -0.4 is 5.32 Å². The molecule has 1 N–H and O–H groups in total. The molecule has 10 heteroatoms. The van der Waals surface area contributed by atoms with Gasteiger partial charge in [-0.05, 0) is 30.3 Å². The van der Waals surface area contributed by atoms with Gasteiger partial charge >= 0.3 is 5.97 Å². The number of carbonyl (C=O) groups excluding carboxylic acids is 1. The van der Waals surface area contributed by atoms with Crippen molar-refractivity contribution in [3.63, 3.8) is 0 Å². The Hall–Kier alpha value is -3.30. The van der Waals surface area contributed by atoms with E-state index in [0.29, 0.717) is 17.2 Å².